The number of anilines is 1. The van der Waals surface area contributed by atoms with Crippen LogP contribution in [0.3, 0.4) is 0 Å². The zero-order valence-corrected chi connectivity index (χ0v) is 33.6. The number of hydrogen-bond acceptors (Lipinski definition) is 2. The van der Waals surface area contributed by atoms with E-state index >= 15 is 0 Å². The standard InChI is InChI=1S/C53H51N2O/c1-7-34-54-45-30-26-36-18-12-14-22-39(36)49(45)52(3,4)47(54)32-28-43-41-24-16-17-25-42(41)44(51(43)56-38-20-10-9-11-21-38)29-33-48-53(5,6)50-40-23-15-13-19-37(40)27-31-46(50)55(48)35-8-2/h9-33H,7-8,34-35H2,1-6H3/q+1. The molecule has 2 aliphatic heterocycles. The van der Waals surface area contributed by atoms with Gasteiger partial charge in [0.25, 0.3) is 0 Å². The van der Waals surface area contributed by atoms with Crippen molar-refractivity contribution >= 4 is 49.8 Å². The van der Waals surface area contributed by atoms with Gasteiger partial charge in [-0.15, -0.1) is 0 Å². The van der Waals surface area contributed by atoms with Crippen LogP contribution in [-0.4, -0.2) is 23.4 Å². The SMILES string of the molecule is CCCN1/C(=C/C=C2C(Oc3ccccc3)=C(/C=C/C3=[N+](CCC)c4ccc5ccccc5c4C3(C)C)c3ccccc3/2)C(C)(C)c2c1ccc1ccccc21. The zero-order valence-electron chi connectivity index (χ0n) is 33.6. The quantitative estimate of drug-likeness (QED) is 0.138. The van der Waals surface area contributed by atoms with Crippen LogP contribution in [0.2, 0.25) is 0 Å². The first kappa shape index (κ1) is 35.8. The summed E-state index contributed by atoms with van der Waals surface area (Å²) in [5, 5.41) is 5.24. The van der Waals surface area contributed by atoms with Gasteiger partial charge in [-0.25, -0.2) is 0 Å². The molecule has 0 aromatic heterocycles. The highest BCUT2D eigenvalue weighted by Crippen LogP contribution is 2.52. The molecule has 6 aromatic carbocycles. The van der Waals surface area contributed by atoms with Gasteiger partial charge in [-0.05, 0) is 101 Å². The number of ether oxygens (including phenoxy) is 1. The fourth-order valence-corrected chi connectivity index (χ4v) is 9.71. The number of para-hydroxylation sites is 1. The van der Waals surface area contributed by atoms with E-state index in [2.05, 4.69) is 185 Å². The number of allylic oxidation sites excluding steroid dienone is 7. The normalized spacial score (nSPS) is 18.2. The molecule has 278 valence electrons. The van der Waals surface area contributed by atoms with Crippen LogP contribution < -0.4 is 9.64 Å². The molecular formula is C53H51N2O+. The molecule has 9 rings (SSSR count). The number of rotatable bonds is 9. The molecule has 0 amide bonds. The van der Waals surface area contributed by atoms with E-state index in [9.17, 15) is 0 Å². The van der Waals surface area contributed by atoms with Crippen LogP contribution in [0.25, 0.3) is 32.7 Å². The zero-order chi connectivity index (χ0) is 38.6. The molecular weight excluding hydrogens is 681 g/mol. The first-order valence-electron chi connectivity index (χ1n) is 20.4. The van der Waals surface area contributed by atoms with Crippen LogP contribution >= 0.6 is 0 Å². The van der Waals surface area contributed by atoms with Crippen molar-refractivity contribution in [3.63, 3.8) is 0 Å². The van der Waals surface area contributed by atoms with Gasteiger partial charge < -0.3 is 9.64 Å². The number of hydrogen-bond donors (Lipinski definition) is 0. The molecule has 3 nitrogen and oxygen atoms in total. The Morgan fingerprint density at radius 2 is 1.25 bits per heavy atom. The maximum atomic E-state index is 7.00. The highest BCUT2D eigenvalue weighted by Gasteiger charge is 2.46. The van der Waals surface area contributed by atoms with Crippen molar-refractivity contribution in [3.8, 4) is 5.75 Å². The third-order valence-electron chi connectivity index (χ3n) is 12.2. The van der Waals surface area contributed by atoms with E-state index in [-0.39, 0.29) is 10.8 Å². The molecule has 1 aliphatic carbocycles. The summed E-state index contributed by atoms with van der Waals surface area (Å²) in [6.07, 6.45) is 11.5. The van der Waals surface area contributed by atoms with Crippen LogP contribution in [0.1, 0.15) is 76.6 Å². The van der Waals surface area contributed by atoms with Crippen molar-refractivity contribution in [1.29, 1.82) is 0 Å². The number of nitrogens with zero attached hydrogens (tertiary/aromatic N) is 2. The fraction of sp³-hybridized carbons (Fsp3) is 0.226. The summed E-state index contributed by atoms with van der Waals surface area (Å²) in [5.41, 5.74) is 12.2. The van der Waals surface area contributed by atoms with Gasteiger partial charge in [0.2, 0.25) is 5.69 Å². The maximum absolute atomic E-state index is 7.00. The second kappa shape index (κ2) is 14.0. The van der Waals surface area contributed by atoms with Gasteiger partial charge in [0, 0.05) is 58.6 Å². The van der Waals surface area contributed by atoms with Gasteiger partial charge in [0.15, 0.2) is 5.71 Å². The average molecular weight is 732 g/mol. The van der Waals surface area contributed by atoms with Crippen molar-refractivity contribution in [3.05, 3.63) is 185 Å². The highest BCUT2D eigenvalue weighted by atomic mass is 16.5. The minimum absolute atomic E-state index is 0.194. The average Bonchev–Trinajstić information content (AvgIpc) is 3.71. The van der Waals surface area contributed by atoms with Crippen molar-refractivity contribution in [1.82, 2.24) is 0 Å². The molecule has 0 atom stereocenters. The molecule has 2 heterocycles. The Balaban J connectivity index is 1.22. The summed E-state index contributed by atoms with van der Waals surface area (Å²) in [6.45, 7) is 16.0. The van der Waals surface area contributed by atoms with E-state index in [1.807, 2.05) is 18.2 Å². The summed E-state index contributed by atoms with van der Waals surface area (Å²) < 4.78 is 9.55. The lowest BCUT2D eigenvalue weighted by atomic mass is 9.79. The Bertz CT molecular complexity index is 2680. The predicted molar refractivity (Wildman–Crippen MR) is 237 cm³/mol. The van der Waals surface area contributed by atoms with Gasteiger partial charge in [-0.3, -0.25) is 0 Å². The Hall–Kier alpha value is -5.93. The molecule has 0 unspecified atom stereocenters. The van der Waals surface area contributed by atoms with Crippen LogP contribution in [0.15, 0.2) is 163 Å². The number of benzene rings is 6. The van der Waals surface area contributed by atoms with Crippen LogP contribution in [0.4, 0.5) is 11.4 Å². The summed E-state index contributed by atoms with van der Waals surface area (Å²) >= 11 is 0. The highest BCUT2D eigenvalue weighted by molar-refractivity contribution is 6.10. The molecule has 0 saturated carbocycles. The molecule has 3 aliphatic rings. The molecule has 6 aromatic rings. The summed E-state index contributed by atoms with van der Waals surface area (Å²) in [4.78, 5) is 2.55. The molecule has 0 N–H and O–H groups in total. The van der Waals surface area contributed by atoms with E-state index in [4.69, 9.17) is 4.74 Å². The van der Waals surface area contributed by atoms with Gasteiger partial charge in [0.05, 0.1) is 5.41 Å². The van der Waals surface area contributed by atoms with Gasteiger partial charge >= 0.3 is 0 Å². The second-order valence-electron chi connectivity index (χ2n) is 16.5. The third kappa shape index (κ3) is 5.67. The Morgan fingerprint density at radius 3 is 1.96 bits per heavy atom. The minimum atomic E-state index is -0.194. The maximum Gasteiger partial charge on any atom is 0.210 e. The molecule has 0 bridgehead atoms. The van der Waals surface area contributed by atoms with Gasteiger partial charge in [-0.2, -0.15) is 4.58 Å². The van der Waals surface area contributed by atoms with Gasteiger partial charge in [0.1, 0.15) is 18.1 Å². The van der Waals surface area contributed by atoms with E-state index < -0.39 is 0 Å². The lowest BCUT2D eigenvalue weighted by Gasteiger charge is -2.27. The number of fused-ring (bicyclic) bond motifs is 7. The predicted octanol–water partition coefficient (Wildman–Crippen LogP) is 13.3. The molecule has 0 saturated heterocycles. The molecule has 0 fully saturated rings. The van der Waals surface area contributed by atoms with Crippen LogP contribution in [-0.2, 0) is 10.8 Å². The largest absolute Gasteiger partial charge is 0.456 e. The van der Waals surface area contributed by atoms with Gasteiger partial charge in [-0.1, -0.05) is 125 Å². The molecule has 3 heteroatoms. The van der Waals surface area contributed by atoms with Crippen LogP contribution in [0, 0.1) is 0 Å². The van der Waals surface area contributed by atoms with Crippen molar-refractivity contribution in [2.45, 2.75) is 65.2 Å². The Morgan fingerprint density at radius 1 is 0.607 bits per heavy atom. The summed E-state index contributed by atoms with van der Waals surface area (Å²) in [7, 11) is 0. The lowest BCUT2D eigenvalue weighted by Crippen LogP contribution is -2.28. The van der Waals surface area contributed by atoms with Crippen molar-refractivity contribution < 1.29 is 9.31 Å². The Labute approximate surface area is 332 Å². The molecule has 0 radical (unpaired) electrons. The molecule has 0 spiro atoms. The van der Waals surface area contributed by atoms with E-state index in [0.717, 1.165) is 48.6 Å². The third-order valence-corrected chi connectivity index (χ3v) is 12.2. The summed E-state index contributed by atoms with van der Waals surface area (Å²) in [5.74, 6) is 1.71. The van der Waals surface area contributed by atoms with E-state index in [1.54, 1.807) is 0 Å². The topological polar surface area (TPSA) is 15.5 Å². The van der Waals surface area contributed by atoms with Crippen molar-refractivity contribution in [2.75, 3.05) is 18.0 Å². The molecule has 56 heavy (non-hydrogen) atoms. The Kier molecular flexibility index (Phi) is 8.92. The second-order valence-corrected chi connectivity index (χ2v) is 16.5. The fourth-order valence-electron chi connectivity index (χ4n) is 9.71. The summed E-state index contributed by atoms with van der Waals surface area (Å²) in [6, 6.07) is 45.9. The van der Waals surface area contributed by atoms with Crippen molar-refractivity contribution in [2.24, 2.45) is 0 Å². The van der Waals surface area contributed by atoms with E-state index in [1.165, 1.54) is 66.6 Å². The smallest absolute Gasteiger partial charge is 0.210 e. The first-order valence-corrected chi connectivity index (χ1v) is 20.4. The van der Waals surface area contributed by atoms with Crippen LogP contribution in [0.5, 0.6) is 5.75 Å². The van der Waals surface area contributed by atoms with E-state index in [0.29, 0.717) is 0 Å². The first-order chi connectivity index (χ1) is 27.2. The minimum Gasteiger partial charge on any atom is -0.456 e. The lowest BCUT2D eigenvalue weighted by molar-refractivity contribution is -0.437. The monoisotopic (exact) mass is 731 g/mol.